The molecular weight excluding hydrogens is 436 g/mol. The largest absolute Gasteiger partial charge is 0.353 e. The molecule has 0 saturated carbocycles. The van der Waals surface area contributed by atoms with E-state index < -0.39 is 0 Å². The van der Waals surface area contributed by atoms with Gasteiger partial charge in [-0.1, -0.05) is 24.3 Å². The van der Waals surface area contributed by atoms with Gasteiger partial charge >= 0.3 is 0 Å². The first-order chi connectivity index (χ1) is 16.0. The Morgan fingerprint density at radius 1 is 1.06 bits per heavy atom. The fourth-order valence-corrected chi connectivity index (χ4v) is 4.84. The minimum atomic E-state index is -0.329. The number of carbonyl (C=O) groups is 3. The third-order valence-corrected chi connectivity index (χ3v) is 6.94. The van der Waals surface area contributed by atoms with Gasteiger partial charge in [0.1, 0.15) is 0 Å². The topological polar surface area (TPSA) is 81.8 Å². The summed E-state index contributed by atoms with van der Waals surface area (Å²) in [5.41, 5.74) is 1.65. The number of hydrogen-bond acceptors (Lipinski definition) is 5. The van der Waals surface area contributed by atoms with Gasteiger partial charge in [0.05, 0.1) is 12.5 Å². The second kappa shape index (κ2) is 10.9. The summed E-state index contributed by atoms with van der Waals surface area (Å²) in [5, 5.41) is 6.05. The van der Waals surface area contributed by atoms with E-state index in [1.165, 1.54) is 0 Å². The van der Waals surface area contributed by atoms with Crippen molar-refractivity contribution in [3.63, 3.8) is 0 Å². The number of para-hydroxylation sites is 1. The van der Waals surface area contributed by atoms with Crippen molar-refractivity contribution in [3.8, 4) is 0 Å². The maximum Gasteiger partial charge on any atom is 0.238 e. The summed E-state index contributed by atoms with van der Waals surface area (Å²) >= 11 is 1.63. The van der Waals surface area contributed by atoms with Crippen LogP contribution in [0.2, 0.25) is 0 Å². The van der Waals surface area contributed by atoms with Gasteiger partial charge in [-0.15, -0.1) is 11.8 Å². The van der Waals surface area contributed by atoms with Crippen molar-refractivity contribution in [3.05, 3.63) is 54.6 Å². The Bertz CT molecular complexity index is 992. The zero-order chi connectivity index (χ0) is 23.2. The van der Waals surface area contributed by atoms with E-state index in [4.69, 9.17) is 0 Å². The van der Waals surface area contributed by atoms with Crippen molar-refractivity contribution >= 4 is 40.9 Å². The van der Waals surface area contributed by atoms with E-state index in [0.29, 0.717) is 13.1 Å². The van der Waals surface area contributed by atoms with Gasteiger partial charge in [0, 0.05) is 48.4 Å². The molecular formula is C25H30N4O3S. The van der Waals surface area contributed by atoms with E-state index in [1.807, 2.05) is 60.9 Å². The van der Waals surface area contributed by atoms with Crippen molar-refractivity contribution in [2.24, 2.45) is 5.92 Å². The van der Waals surface area contributed by atoms with Gasteiger partial charge in [0.25, 0.3) is 0 Å². The highest BCUT2D eigenvalue weighted by molar-refractivity contribution is 7.98. The summed E-state index contributed by atoms with van der Waals surface area (Å²) in [7, 11) is 0. The SMILES string of the molecule is CSc1cccc(N2C[C@H](C(=O)NC3CCN(CC(=O)Nc4ccccc4)CC3)CC2=O)c1. The summed E-state index contributed by atoms with van der Waals surface area (Å²) < 4.78 is 0. The number of hydrogen-bond donors (Lipinski definition) is 2. The van der Waals surface area contributed by atoms with Crippen LogP contribution in [0.3, 0.4) is 0 Å². The average molecular weight is 467 g/mol. The van der Waals surface area contributed by atoms with Crippen molar-refractivity contribution in [2.75, 3.05) is 42.7 Å². The number of carbonyl (C=O) groups excluding carboxylic acids is 3. The van der Waals surface area contributed by atoms with Gasteiger partial charge < -0.3 is 15.5 Å². The zero-order valence-corrected chi connectivity index (χ0v) is 19.6. The van der Waals surface area contributed by atoms with Crippen LogP contribution < -0.4 is 15.5 Å². The van der Waals surface area contributed by atoms with Crippen LogP contribution in [0.4, 0.5) is 11.4 Å². The third kappa shape index (κ3) is 6.15. The van der Waals surface area contributed by atoms with E-state index in [2.05, 4.69) is 15.5 Å². The number of nitrogens with one attached hydrogen (secondary N) is 2. The lowest BCUT2D eigenvalue weighted by Gasteiger charge is -2.32. The van der Waals surface area contributed by atoms with E-state index >= 15 is 0 Å². The molecule has 8 heteroatoms. The van der Waals surface area contributed by atoms with Crippen molar-refractivity contribution < 1.29 is 14.4 Å². The number of amides is 3. The summed E-state index contributed by atoms with van der Waals surface area (Å²) in [4.78, 5) is 42.6. The van der Waals surface area contributed by atoms with Gasteiger partial charge in [0.15, 0.2) is 0 Å². The molecule has 0 bridgehead atoms. The molecule has 7 nitrogen and oxygen atoms in total. The Morgan fingerprint density at radius 2 is 1.82 bits per heavy atom. The molecule has 2 aliphatic heterocycles. The number of nitrogens with zero attached hydrogens (tertiary/aromatic N) is 2. The van der Waals surface area contributed by atoms with Gasteiger partial charge in [-0.2, -0.15) is 0 Å². The Kier molecular flexibility index (Phi) is 7.67. The molecule has 33 heavy (non-hydrogen) atoms. The molecule has 0 radical (unpaired) electrons. The number of likely N-dealkylation sites (tertiary alicyclic amines) is 1. The first-order valence-corrected chi connectivity index (χ1v) is 12.6. The molecule has 2 N–H and O–H groups in total. The van der Waals surface area contributed by atoms with E-state index in [9.17, 15) is 14.4 Å². The molecule has 0 spiro atoms. The van der Waals surface area contributed by atoms with Crippen LogP contribution in [-0.2, 0) is 14.4 Å². The molecule has 0 aromatic heterocycles. The van der Waals surface area contributed by atoms with Crippen molar-refractivity contribution in [1.29, 1.82) is 0 Å². The number of thioether (sulfide) groups is 1. The minimum Gasteiger partial charge on any atom is -0.353 e. The van der Waals surface area contributed by atoms with Gasteiger partial charge in [-0.05, 0) is 49.4 Å². The normalized spacial score (nSPS) is 19.5. The predicted octanol–water partition coefficient (Wildman–Crippen LogP) is 2.98. The van der Waals surface area contributed by atoms with E-state index in [-0.39, 0.29) is 36.1 Å². The lowest BCUT2D eigenvalue weighted by molar-refractivity contribution is -0.127. The molecule has 2 aliphatic rings. The summed E-state index contributed by atoms with van der Waals surface area (Å²) in [5.74, 6) is -0.413. The second-order valence-electron chi connectivity index (χ2n) is 8.58. The highest BCUT2D eigenvalue weighted by Gasteiger charge is 2.36. The summed E-state index contributed by atoms with van der Waals surface area (Å²) in [6, 6.07) is 17.4. The van der Waals surface area contributed by atoms with Gasteiger partial charge in [-0.25, -0.2) is 0 Å². The van der Waals surface area contributed by atoms with E-state index in [0.717, 1.165) is 42.2 Å². The molecule has 3 amide bonds. The van der Waals surface area contributed by atoms with Crippen LogP contribution in [0.25, 0.3) is 0 Å². The number of piperidine rings is 1. The monoisotopic (exact) mass is 466 g/mol. The highest BCUT2D eigenvalue weighted by Crippen LogP contribution is 2.28. The molecule has 2 fully saturated rings. The number of benzene rings is 2. The second-order valence-corrected chi connectivity index (χ2v) is 9.46. The van der Waals surface area contributed by atoms with Crippen molar-refractivity contribution in [2.45, 2.75) is 30.2 Å². The van der Waals surface area contributed by atoms with Gasteiger partial charge in [-0.3, -0.25) is 19.3 Å². The third-order valence-electron chi connectivity index (χ3n) is 6.22. The Balaban J connectivity index is 1.22. The van der Waals surface area contributed by atoms with Crippen molar-refractivity contribution in [1.82, 2.24) is 10.2 Å². The summed E-state index contributed by atoms with van der Waals surface area (Å²) in [6.45, 7) is 2.27. The van der Waals surface area contributed by atoms with Crippen LogP contribution in [-0.4, -0.2) is 61.1 Å². The molecule has 4 rings (SSSR count). The molecule has 0 unspecified atom stereocenters. The molecule has 2 saturated heterocycles. The lowest BCUT2D eigenvalue weighted by Crippen LogP contribution is -2.48. The van der Waals surface area contributed by atoms with Crippen LogP contribution >= 0.6 is 11.8 Å². The molecule has 2 aromatic carbocycles. The number of anilines is 2. The van der Waals surface area contributed by atoms with Gasteiger partial charge in [0.2, 0.25) is 17.7 Å². The highest BCUT2D eigenvalue weighted by atomic mass is 32.2. The smallest absolute Gasteiger partial charge is 0.238 e. The fourth-order valence-electron chi connectivity index (χ4n) is 4.39. The van der Waals surface area contributed by atoms with Crippen LogP contribution in [0.1, 0.15) is 19.3 Å². The first kappa shape index (κ1) is 23.3. The minimum absolute atomic E-state index is 0.00680. The Hall–Kier alpha value is -2.84. The van der Waals surface area contributed by atoms with Crippen LogP contribution in [0, 0.1) is 5.92 Å². The molecule has 2 aromatic rings. The fraction of sp³-hybridized carbons (Fsp3) is 0.400. The lowest BCUT2D eigenvalue weighted by atomic mass is 10.0. The van der Waals surface area contributed by atoms with E-state index in [1.54, 1.807) is 16.7 Å². The molecule has 1 atom stereocenters. The molecule has 2 heterocycles. The quantitative estimate of drug-likeness (QED) is 0.613. The Morgan fingerprint density at radius 3 is 2.55 bits per heavy atom. The Labute approximate surface area is 198 Å². The standard InChI is InChI=1S/C25H30N4O3S/c1-33-22-9-5-8-21(15-22)29-16-18(14-24(29)31)25(32)27-20-10-12-28(13-11-20)17-23(30)26-19-6-3-2-4-7-19/h2-9,15,18,20H,10-14,16-17H2,1H3,(H,26,30)(H,27,32)/t18-/m1/s1. The van der Waals surface area contributed by atoms with Crippen LogP contribution in [0.15, 0.2) is 59.5 Å². The molecule has 174 valence electrons. The van der Waals surface area contributed by atoms with Crippen LogP contribution in [0.5, 0.6) is 0 Å². The summed E-state index contributed by atoms with van der Waals surface area (Å²) in [6.07, 6.45) is 3.84. The maximum absolute atomic E-state index is 12.8. The predicted molar refractivity (Wildman–Crippen MR) is 131 cm³/mol. The average Bonchev–Trinajstić information content (AvgIpc) is 3.23. The zero-order valence-electron chi connectivity index (χ0n) is 18.8. The maximum atomic E-state index is 12.8. The first-order valence-electron chi connectivity index (χ1n) is 11.3. The molecule has 0 aliphatic carbocycles. The number of rotatable bonds is 7.